The normalized spacial score (nSPS) is 16.5. The average molecular weight is 370 g/mol. The Labute approximate surface area is 151 Å². The second-order valence-electron chi connectivity index (χ2n) is 6.42. The third kappa shape index (κ3) is 5.19. The maximum Gasteiger partial charge on any atom is 0.405 e. The van der Waals surface area contributed by atoms with E-state index >= 15 is 0 Å². The summed E-state index contributed by atoms with van der Waals surface area (Å²) in [5.74, 6) is 0.743. The molecule has 1 aliphatic rings. The van der Waals surface area contributed by atoms with Crippen molar-refractivity contribution in [3.8, 4) is 0 Å². The van der Waals surface area contributed by atoms with E-state index in [2.05, 4.69) is 15.3 Å². The van der Waals surface area contributed by atoms with Gasteiger partial charge in [-0.05, 0) is 57.0 Å². The number of hydrogen-bond acceptors (Lipinski definition) is 5. The van der Waals surface area contributed by atoms with E-state index in [1.165, 1.54) is 0 Å². The Hall–Kier alpha value is -2.09. The first-order valence-corrected chi connectivity index (χ1v) is 8.72. The number of nitrogens with two attached hydrogens (primary N) is 1. The number of amides is 2. The van der Waals surface area contributed by atoms with E-state index in [1.807, 2.05) is 6.92 Å². The Bertz CT molecular complexity index is 624. The van der Waals surface area contributed by atoms with Crippen molar-refractivity contribution in [3.63, 3.8) is 0 Å². The molecule has 1 fully saturated rings. The van der Waals surface area contributed by atoms with Crippen molar-refractivity contribution in [2.75, 3.05) is 18.8 Å². The molecule has 9 heteroatoms. The van der Waals surface area contributed by atoms with Gasteiger partial charge in [-0.25, -0.2) is 14.8 Å². The number of aryl methyl sites for hydroxylation is 1. The molecular weight excluding hydrogens is 346 g/mol. The van der Waals surface area contributed by atoms with Gasteiger partial charge in [0, 0.05) is 24.3 Å². The first kappa shape index (κ1) is 19.2. The minimum atomic E-state index is -1.19. The molecule has 4 N–H and O–H groups in total. The second kappa shape index (κ2) is 8.33. The molecule has 1 aromatic heterocycles. The maximum absolute atomic E-state index is 12.2. The molecule has 25 heavy (non-hydrogen) atoms. The fourth-order valence-corrected chi connectivity index (χ4v) is 3.42. The minimum absolute atomic E-state index is 0.162. The number of hydrogen-bond donors (Lipinski definition) is 3. The van der Waals surface area contributed by atoms with Crippen LogP contribution < -0.4 is 11.1 Å². The highest BCUT2D eigenvalue weighted by Gasteiger charge is 2.26. The molecule has 0 saturated carbocycles. The Morgan fingerprint density at radius 1 is 1.40 bits per heavy atom. The van der Waals surface area contributed by atoms with E-state index < -0.39 is 12.1 Å². The zero-order chi connectivity index (χ0) is 18.6. The molecule has 0 unspecified atom stereocenters. The van der Waals surface area contributed by atoms with Gasteiger partial charge in [0.2, 0.25) is 11.2 Å². The standard InChI is InChI=1S/C16H24ClN5O3/c1-9-12(13(18)21-15(17)19-9)4-3-11-5-7-22(8-6-11)14(23)10(2)20-16(24)25/h10-11,20H,3-8H2,1-2H3,(H,24,25)(H2,18,19,21)/t10-/m0/s1. The molecule has 1 aliphatic heterocycles. The third-order valence-corrected chi connectivity index (χ3v) is 4.83. The van der Waals surface area contributed by atoms with Crippen LogP contribution in [0.1, 0.15) is 37.4 Å². The van der Waals surface area contributed by atoms with E-state index in [-0.39, 0.29) is 11.2 Å². The van der Waals surface area contributed by atoms with E-state index in [9.17, 15) is 9.59 Å². The average Bonchev–Trinajstić information content (AvgIpc) is 2.53. The monoisotopic (exact) mass is 369 g/mol. The smallest absolute Gasteiger partial charge is 0.405 e. The number of nitrogens with one attached hydrogen (secondary N) is 1. The number of aromatic nitrogens is 2. The van der Waals surface area contributed by atoms with Gasteiger partial charge >= 0.3 is 6.09 Å². The van der Waals surface area contributed by atoms with E-state index in [1.54, 1.807) is 11.8 Å². The molecule has 2 amide bonds. The highest BCUT2D eigenvalue weighted by atomic mass is 35.5. The molecule has 138 valence electrons. The molecule has 1 aromatic rings. The first-order chi connectivity index (χ1) is 11.8. The zero-order valence-corrected chi connectivity index (χ0v) is 15.2. The summed E-state index contributed by atoms with van der Waals surface area (Å²) < 4.78 is 0. The summed E-state index contributed by atoms with van der Waals surface area (Å²) in [5.41, 5.74) is 7.67. The van der Waals surface area contributed by atoms with Gasteiger partial charge in [-0.3, -0.25) is 4.79 Å². The topological polar surface area (TPSA) is 121 Å². The summed E-state index contributed by atoms with van der Waals surface area (Å²) in [7, 11) is 0. The largest absolute Gasteiger partial charge is 0.465 e. The number of nitrogen functional groups attached to an aromatic ring is 1. The van der Waals surface area contributed by atoms with Crippen LogP contribution in [0.3, 0.4) is 0 Å². The van der Waals surface area contributed by atoms with Gasteiger partial charge in [0.25, 0.3) is 0 Å². The lowest BCUT2D eigenvalue weighted by atomic mass is 9.90. The number of likely N-dealkylation sites (tertiary alicyclic amines) is 1. The van der Waals surface area contributed by atoms with Crippen LogP contribution in [0.2, 0.25) is 5.28 Å². The van der Waals surface area contributed by atoms with Crippen LogP contribution in [-0.4, -0.2) is 51.1 Å². The lowest BCUT2D eigenvalue weighted by Gasteiger charge is -2.33. The van der Waals surface area contributed by atoms with Crippen molar-refractivity contribution in [1.29, 1.82) is 0 Å². The molecule has 0 aromatic carbocycles. The Kier molecular flexibility index (Phi) is 6.41. The summed E-state index contributed by atoms with van der Waals surface area (Å²) in [6.45, 7) is 4.72. The first-order valence-electron chi connectivity index (χ1n) is 8.34. The van der Waals surface area contributed by atoms with Gasteiger partial charge < -0.3 is 21.1 Å². The molecule has 1 saturated heterocycles. The molecule has 0 bridgehead atoms. The van der Waals surface area contributed by atoms with Crippen molar-refractivity contribution in [3.05, 3.63) is 16.5 Å². The van der Waals surface area contributed by atoms with Gasteiger partial charge in [-0.15, -0.1) is 0 Å². The van der Waals surface area contributed by atoms with Crippen LogP contribution >= 0.6 is 11.6 Å². The number of piperidine rings is 1. The number of carbonyl (C=O) groups is 2. The number of halogens is 1. The molecule has 2 heterocycles. The predicted octanol–water partition coefficient (Wildman–Crippen LogP) is 1.85. The van der Waals surface area contributed by atoms with Gasteiger partial charge in [0.15, 0.2) is 0 Å². The lowest BCUT2D eigenvalue weighted by Crippen LogP contribution is -2.49. The van der Waals surface area contributed by atoms with Gasteiger partial charge in [-0.1, -0.05) is 0 Å². The van der Waals surface area contributed by atoms with Crippen molar-refractivity contribution in [2.45, 2.75) is 45.6 Å². The highest BCUT2D eigenvalue weighted by molar-refractivity contribution is 6.28. The molecule has 1 atom stereocenters. The summed E-state index contributed by atoms with van der Waals surface area (Å²) >= 11 is 5.79. The SMILES string of the molecule is Cc1nc(Cl)nc(N)c1CCC1CCN(C(=O)[C@H](C)NC(=O)O)CC1. The van der Waals surface area contributed by atoms with E-state index in [0.29, 0.717) is 24.8 Å². The molecule has 2 rings (SSSR count). The quantitative estimate of drug-likeness (QED) is 0.681. The maximum atomic E-state index is 12.2. The van der Waals surface area contributed by atoms with Gasteiger partial charge in [-0.2, -0.15) is 0 Å². The van der Waals surface area contributed by atoms with Crippen LogP contribution in [0.25, 0.3) is 0 Å². The lowest BCUT2D eigenvalue weighted by molar-refractivity contribution is -0.134. The summed E-state index contributed by atoms with van der Waals surface area (Å²) in [5, 5.41) is 11.1. The molecule has 8 nitrogen and oxygen atoms in total. The highest BCUT2D eigenvalue weighted by Crippen LogP contribution is 2.25. The Balaban J connectivity index is 1.83. The van der Waals surface area contributed by atoms with Crippen LogP contribution in [0.4, 0.5) is 10.6 Å². The number of anilines is 1. The van der Waals surface area contributed by atoms with Crippen molar-refractivity contribution in [2.24, 2.45) is 5.92 Å². The fourth-order valence-electron chi connectivity index (χ4n) is 3.20. The molecule has 0 radical (unpaired) electrons. The van der Waals surface area contributed by atoms with Crippen LogP contribution in [-0.2, 0) is 11.2 Å². The van der Waals surface area contributed by atoms with E-state index in [4.69, 9.17) is 22.4 Å². The summed E-state index contributed by atoms with van der Waals surface area (Å²) in [6, 6.07) is -0.720. The van der Waals surface area contributed by atoms with Crippen molar-refractivity contribution >= 4 is 29.4 Å². The number of carbonyl (C=O) groups excluding carboxylic acids is 1. The van der Waals surface area contributed by atoms with Crippen LogP contribution in [0.15, 0.2) is 0 Å². The van der Waals surface area contributed by atoms with E-state index in [0.717, 1.165) is 36.9 Å². The number of rotatable bonds is 5. The Morgan fingerprint density at radius 3 is 2.60 bits per heavy atom. The summed E-state index contributed by atoms with van der Waals surface area (Å²) in [6.07, 6.45) is 2.32. The zero-order valence-electron chi connectivity index (χ0n) is 14.5. The minimum Gasteiger partial charge on any atom is -0.465 e. The number of nitrogens with zero attached hydrogens (tertiary/aromatic N) is 3. The van der Waals surface area contributed by atoms with Crippen LogP contribution in [0, 0.1) is 12.8 Å². The molecular formula is C16H24ClN5O3. The molecule has 0 spiro atoms. The number of carboxylic acid groups (broad SMARTS) is 1. The molecule has 0 aliphatic carbocycles. The van der Waals surface area contributed by atoms with Crippen molar-refractivity contribution in [1.82, 2.24) is 20.2 Å². The van der Waals surface area contributed by atoms with Gasteiger partial charge in [0.1, 0.15) is 11.9 Å². The fraction of sp³-hybridized carbons (Fsp3) is 0.625. The Morgan fingerprint density at radius 2 is 2.04 bits per heavy atom. The van der Waals surface area contributed by atoms with Crippen molar-refractivity contribution < 1.29 is 14.7 Å². The summed E-state index contributed by atoms with van der Waals surface area (Å²) in [4.78, 5) is 32.7. The second-order valence-corrected chi connectivity index (χ2v) is 6.76. The van der Waals surface area contributed by atoms with Crippen LogP contribution in [0.5, 0.6) is 0 Å². The van der Waals surface area contributed by atoms with Gasteiger partial charge in [0.05, 0.1) is 0 Å². The third-order valence-electron chi connectivity index (χ3n) is 4.66. The predicted molar refractivity (Wildman–Crippen MR) is 94.4 cm³/mol.